The van der Waals surface area contributed by atoms with Gasteiger partial charge in [0.15, 0.2) is 0 Å². The molecule has 0 aliphatic carbocycles. The molecule has 1 aromatic carbocycles. The standard InChI is InChI=1S/C16H28N2/c1-12-10-13(2)16(14(3)11-12)7-9-18(5)15(4)6-8-17/h10-11,15H,6-9,17H2,1-5H3. The van der Waals surface area contributed by atoms with Gasteiger partial charge in [0.1, 0.15) is 0 Å². The van der Waals surface area contributed by atoms with E-state index in [0.717, 1.165) is 25.9 Å². The van der Waals surface area contributed by atoms with Crippen molar-refractivity contribution in [2.75, 3.05) is 20.1 Å². The summed E-state index contributed by atoms with van der Waals surface area (Å²) in [6.45, 7) is 10.7. The highest BCUT2D eigenvalue weighted by molar-refractivity contribution is 5.37. The summed E-state index contributed by atoms with van der Waals surface area (Å²) in [5.41, 5.74) is 11.3. The number of hydrogen-bond acceptors (Lipinski definition) is 2. The number of nitrogens with zero attached hydrogens (tertiary/aromatic N) is 1. The summed E-state index contributed by atoms with van der Waals surface area (Å²) in [5.74, 6) is 0. The smallest absolute Gasteiger partial charge is 0.00760 e. The highest BCUT2D eigenvalue weighted by atomic mass is 15.1. The van der Waals surface area contributed by atoms with E-state index in [1.165, 1.54) is 22.3 Å². The second-order valence-electron chi connectivity index (χ2n) is 5.53. The Balaban J connectivity index is 2.63. The molecule has 1 atom stereocenters. The van der Waals surface area contributed by atoms with E-state index in [0.29, 0.717) is 6.04 Å². The first-order chi connectivity index (χ1) is 8.45. The van der Waals surface area contributed by atoms with Gasteiger partial charge in [0.2, 0.25) is 0 Å². The molecule has 1 unspecified atom stereocenters. The molecule has 2 nitrogen and oxygen atoms in total. The maximum Gasteiger partial charge on any atom is 0.00760 e. The lowest BCUT2D eigenvalue weighted by Crippen LogP contribution is -2.32. The van der Waals surface area contributed by atoms with Gasteiger partial charge in [-0.1, -0.05) is 17.7 Å². The Labute approximate surface area is 112 Å². The van der Waals surface area contributed by atoms with Crippen molar-refractivity contribution in [3.63, 3.8) is 0 Å². The van der Waals surface area contributed by atoms with Crippen molar-refractivity contribution in [1.82, 2.24) is 4.90 Å². The lowest BCUT2D eigenvalue weighted by molar-refractivity contribution is 0.251. The summed E-state index contributed by atoms with van der Waals surface area (Å²) in [6.07, 6.45) is 2.20. The van der Waals surface area contributed by atoms with Crippen molar-refractivity contribution in [2.24, 2.45) is 5.73 Å². The summed E-state index contributed by atoms with van der Waals surface area (Å²) in [5, 5.41) is 0. The molecule has 2 N–H and O–H groups in total. The van der Waals surface area contributed by atoms with Crippen LogP contribution in [0.4, 0.5) is 0 Å². The molecule has 0 saturated heterocycles. The minimum absolute atomic E-state index is 0.570. The van der Waals surface area contributed by atoms with Crippen molar-refractivity contribution in [3.05, 3.63) is 34.4 Å². The molecular formula is C16H28N2. The van der Waals surface area contributed by atoms with Crippen LogP contribution in [-0.2, 0) is 6.42 Å². The first-order valence-corrected chi connectivity index (χ1v) is 6.92. The first-order valence-electron chi connectivity index (χ1n) is 6.92. The zero-order valence-electron chi connectivity index (χ0n) is 12.6. The minimum atomic E-state index is 0.570. The van der Waals surface area contributed by atoms with Crippen LogP contribution in [0.15, 0.2) is 12.1 Å². The van der Waals surface area contributed by atoms with E-state index in [1.54, 1.807) is 0 Å². The topological polar surface area (TPSA) is 29.3 Å². The molecule has 0 bridgehead atoms. The van der Waals surface area contributed by atoms with Gasteiger partial charge >= 0.3 is 0 Å². The molecule has 0 amide bonds. The van der Waals surface area contributed by atoms with Crippen molar-refractivity contribution in [3.8, 4) is 0 Å². The minimum Gasteiger partial charge on any atom is -0.330 e. The van der Waals surface area contributed by atoms with E-state index in [4.69, 9.17) is 5.73 Å². The van der Waals surface area contributed by atoms with E-state index < -0.39 is 0 Å². The molecule has 18 heavy (non-hydrogen) atoms. The van der Waals surface area contributed by atoms with Crippen LogP contribution in [0.1, 0.15) is 35.6 Å². The Morgan fingerprint density at radius 3 is 2.22 bits per heavy atom. The van der Waals surface area contributed by atoms with Crippen LogP contribution in [-0.4, -0.2) is 31.1 Å². The molecule has 0 heterocycles. The van der Waals surface area contributed by atoms with Crippen LogP contribution in [0.2, 0.25) is 0 Å². The number of hydrogen-bond donors (Lipinski definition) is 1. The second kappa shape index (κ2) is 6.91. The third-order valence-corrected chi connectivity index (χ3v) is 3.89. The van der Waals surface area contributed by atoms with Crippen molar-refractivity contribution < 1.29 is 0 Å². The summed E-state index contributed by atoms with van der Waals surface area (Å²) in [7, 11) is 2.19. The van der Waals surface area contributed by atoms with Crippen LogP contribution in [0.3, 0.4) is 0 Å². The highest BCUT2D eigenvalue weighted by Crippen LogP contribution is 2.17. The van der Waals surface area contributed by atoms with Crippen LogP contribution >= 0.6 is 0 Å². The summed E-state index contributed by atoms with van der Waals surface area (Å²) < 4.78 is 0. The normalized spacial score (nSPS) is 13.1. The van der Waals surface area contributed by atoms with Gasteiger partial charge in [-0.15, -0.1) is 0 Å². The van der Waals surface area contributed by atoms with E-state index >= 15 is 0 Å². The van der Waals surface area contributed by atoms with Crippen molar-refractivity contribution >= 4 is 0 Å². The fourth-order valence-corrected chi connectivity index (χ4v) is 2.57. The molecule has 102 valence electrons. The molecule has 0 spiro atoms. The van der Waals surface area contributed by atoms with Gasteiger partial charge in [-0.25, -0.2) is 0 Å². The summed E-state index contributed by atoms with van der Waals surface area (Å²) in [4.78, 5) is 2.41. The van der Waals surface area contributed by atoms with E-state index in [-0.39, 0.29) is 0 Å². The Bertz CT molecular complexity index is 362. The van der Waals surface area contributed by atoms with E-state index in [2.05, 4.69) is 51.8 Å². The average Bonchev–Trinajstić information content (AvgIpc) is 2.27. The third kappa shape index (κ3) is 4.11. The van der Waals surface area contributed by atoms with Crippen LogP contribution in [0.5, 0.6) is 0 Å². The molecule has 1 rings (SSSR count). The Morgan fingerprint density at radius 2 is 1.72 bits per heavy atom. The SMILES string of the molecule is Cc1cc(C)c(CCN(C)C(C)CCN)c(C)c1. The molecule has 0 radical (unpaired) electrons. The molecular weight excluding hydrogens is 220 g/mol. The fraction of sp³-hybridized carbons (Fsp3) is 0.625. The highest BCUT2D eigenvalue weighted by Gasteiger charge is 2.10. The number of likely N-dealkylation sites (N-methyl/N-ethyl adjacent to an activating group) is 1. The Kier molecular flexibility index (Phi) is 5.83. The molecule has 0 aliphatic rings. The van der Waals surface area contributed by atoms with Crippen LogP contribution < -0.4 is 5.73 Å². The van der Waals surface area contributed by atoms with Gasteiger partial charge < -0.3 is 10.6 Å². The zero-order chi connectivity index (χ0) is 13.7. The van der Waals surface area contributed by atoms with Gasteiger partial charge in [0, 0.05) is 12.6 Å². The first kappa shape index (κ1) is 15.2. The number of nitrogens with two attached hydrogens (primary N) is 1. The lowest BCUT2D eigenvalue weighted by Gasteiger charge is -2.25. The van der Waals surface area contributed by atoms with Crippen molar-refractivity contribution in [1.29, 1.82) is 0 Å². The maximum atomic E-state index is 5.61. The molecule has 1 aromatic rings. The van der Waals surface area contributed by atoms with Crippen LogP contribution in [0, 0.1) is 20.8 Å². The third-order valence-electron chi connectivity index (χ3n) is 3.89. The molecule has 0 saturated carbocycles. The predicted molar refractivity (Wildman–Crippen MR) is 80.1 cm³/mol. The Hall–Kier alpha value is -0.860. The molecule has 2 heteroatoms. The predicted octanol–water partition coefficient (Wildman–Crippen LogP) is 2.82. The van der Waals surface area contributed by atoms with Gasteiger partial charge in [0.25, 0.3) is 0 Å². The van der Waals surface area contributed by atoms with Gasteiger partial charge in [-0.05, 0) is 70.8 Å². The van der Waals surface area contributed by atoms with Crippen molar-refractivity contribution in [2.45, 2.75) is 46.6 Å². The molecule has 0 aromatic heterocycles. The molecule has 0 fully saturated rings. The largest absolute Gasteiger partial charge is 0.330 e. The fourth-order valence-electron chi connectivity index (χ4n) is 2.57. The Morgan fingerprint density at radius 1 is 1.17 bits per heavy atom. The van der Waals surface area contributed by atoms with Gasteiger partial charge in [-0.3, -0.25) is 0 Å². The number of rotatable bonds is 6. The van der Waals surface area contributed by atoms with E-state index in [9.17, 15) is 0 Å². The van der Waals surface area contributed by atoms with Gasteiger partial charge in [0.05, 0.1) is 0 Å². The molecule has 0 aliphatic heterocycles. The quantitative estimate of drug-likeness (QED) is 0.839. The summed E-state index contributed by atoms with van der Waals surface area (Å²) in [6, 6.07) is 5.14. The van der Waals surface area contributed by atoms with Gasteiger partial charge in [-0.2, -0.15) is 0 Å². The maximum absolute atomic E-state index is 5.61. The average molecular weight is 248 g/mol. The second-order valence-corrected chi connectivity index (χ2v) is 5.53. The zero-order valence-corrected chi connectivity index (χ0v) is 12.6. The van der Waals surface area contributed by atoms with E-state index in [1.807, 2.05) is 0 Å². The lowest BCUT2D eigenvalue weighted by atomic mass is 9.97. The summed E-state index contributed by atoms with van der Waals surface area (Å²) >= 11 is 0. The van der Waals surface area contributed by atoms with Crippen LogP contribution in [0.25, 0.3) is 0 Å². The number of benzene rings is 1. The monoisotopic (exact) mass is 248 g/mol. The number of aryl methyl sites for hydroxylation is 3.